The predicted molar refractivity (Wildman–Crippen MR) is 78.9 cm³/mol. The van der Waals surface area contributed by atoms with E-state index in [0.717, 1.165) is 5.92 Å². The maximum atomic E-state index is 3.88. The van der Waals surface area contributed by atoms with Crippen molar-refractivity contribution in [2.45, 2.75) is 70.8 Å². The fraction of sp³-hybridized carbons (Fsp3) is 1.00. The Morgan fingerprint density at radius 3 is 2.61 bits per heavy atom. The Morgan fingerprint density at radius 2 is 1.89 bits per heavy atom. The van der Waals surface area contributed by atoms with Crippen molar-refractivity contribution >= 4 is 0 Å². The molecule has 0 aromatic rings. The number of hydrogen-bond acceptors (Lipinski definition) is 2. The Morgan fingerprint density at radius 1 is 1.11 bits per heavy atom. The van der Waals surface area contributed by atoms with Gasteiger partial charge in [-0.2, -0.15) is 0 Å². The highest BCUT2D eigenvalue weighted by Gasteiger charge is 2.34. The molecule has 2 fully saturated rings. The second-order valence-electron chi connectivity index (χ2n) is 6.93. The van der Waals surface area contributed by atoms with Gasteiger partial charge < -0.3 is 10.2 Å². The van der Waals surface area contributed by atoms with Crippen LogP contribution in [0.4, 0.5) is 0 Å². The molecule has 18 heavy (non-hydrogen) atoms. The first-order valence-electron chi connectivity index (χ1n) is 8.18. The van der Waals surface area contributed by atoms with E-state index in [1.165, 1.54) is 77.5 Å². The fourth-order valence-corrected chi connectivity index (χ4v) is 3.70. The molecule has 1 aliphatic heterocycles. The first kappa shape index (κ1) is 14.3. The Bertz CT molecular complexity index is 231. The van der Waals surface area contributed by atoms with Gasteiger partial charge in [0.2, 0.25) is 0 Å². The van der Waals surface area contributed by atoms with Crippen molar-refractivity contribution in [2.24, 2.45) is 5.92 Å². The summed E-state index contributed by atoms with van der Waals surface area (Å²) in [4.78, 5) is 2.74. The first-order valence-corrected chi connectivity index (χ1v) is 8.18. The molecule has 2 aliphatic rings. The second-order valence-corrected chi connectivity index (χ2v) is 6.93. The molecule has 1 N–H and O–H groups in total. The largest absolute Gasteiger partial charge is 0.310 e. The van der Waals surface area contributed by atoms with Crippen LogP contribution >= 0.6 is 0 Å². The van der Waals surface area contributed by atoms with Gasteiger partial charge in [0.05, 0.1) is 0 Å². The monoisotopic (exact) mass is 252 g/mol. The highest BCUT2D eigenvalue weighted by molar-refractivity contribution is 4.95. The van der Waals surface area contributed by atoms with Crippen LogP contribution in [0.2, 0.25) is 0 Å². The Labute approximate surface area is 114 Å². The van der Waals surface area contributed by atoms with E-state index >= 15 is 0 Å². The molecule has 1 heterocycles. The van der Waals surface area contributed by atoms with E-state index in [2.05, 4.69) is 24.1 Å². The lowest BCUT2D eigenvalue weighted by Gasteiger charge is -2.40. The fourth-order valence-electron chi connectivity index (χ4n) is 3.70. The van der Waals surface area contributed by atoms with Crippen LogP contribution in [0.25, 0.3) is 0 Å². The predicted octanol–water partition coefficient (Wildman–Crippen LogP) is 3.42. The molecule has 0 atom stereocenters. The standard InChI is InChI=1S/C16H32N2/c1-15(2)8-6-12-18-13-7-11-17-16(14-18)9-4-3-5-10-16/h15,17H,3-14H2,1-2H3. The molecule has 0 aromatic heterocycles. The summed E-state index contributed by atoms with van der Waals surface area (Å²) >= 11 is 0. The molecule has 2 nitrogen and oxygen atoms in total. The molecule has 1 saturated heterocycles. The van der Waals surface area contributed by atoms with Crippen LogP contribution in [-0.4, -0.2) is 36.6 Å². The zero-order valence-electron chi connectivity index (χ0n) is 12.5. The van der Waals surface area contributed by atoms with E-state index in [-0.39, 0.29) is 0 Å². The van der Waals surface area contributed by atoms with Gasteiger partial charge in [-0.05, 0) is 57.7 Å². The Kier molecular flexibility index (Phi) is 5.50. The van der Waals surface area contributed by atoms with Crippen LogP contribution in [0.3, 0.4) is 0 Å². The minimum Gasteiger partial charge on any atom is -0.310 e. The number of nitrogens with zero attached hydrogens (tertiary/aromatic N) is 1. The molecule has 106 valence electrons. The second kappa shape index (κ2) is 6.91. The maximum absolute atomic E-state index is 3.88. The highest BCUT2D eigenvalue weighted by Crippen LogP contribution is 2.30. The average molecular weight is 252 g/mol. The SMILES string of the molecule is CC(C)CCCN1CCCNC2(CCCCC2)C1. The molecule has 2 rings (SSSR count). The van der Waals surface area contributed by atoms with Crippen molar-refractivity contribution in [1.82, 2.24) is 10.2 Å². The summed E-state index contributed by atoms with van der Waals surface area (Å²) in [5, 5.41) is 3.88. The average Bonchev–Trinajstić information content (AvgIpc) is 2.53. The molecule has 0 aromatic carbocycles. The number of rotatable bonds is 4. The van der Waals surface area contributed by atoms with Gasteiger partial charge in [-0.15, -0.1) is 0 Å². The van der Waals surface area contributed by atoms with Gasteiger partial charge in [0.25, 0.3) is 0 Å². The van der Waals surface area contributed by atoms with Crippen LogP contribution in [0, 0.1) is 5.92 Å². The van der Waals surface area contributed by atoms with Gasteiger partial charge in [0.1, 0.15) is 0 Å². The maximum Gasteiger partial charge on any atom is 0.0308 e. The lowest BCUT2D eigenvalue weighted by Crippen LogP contribution is -2.52. The topological polar surface area (TPSA) is 15.3 Å². The van der Waals surface area contributed by atoms with E-state index in [9.17, 15) is 0 Å². The number of hydrogen-bond donors (Lipinski definition) is 1. The summed E-state index contributed by atoms with van der Waals surface area (Å²) in [6, 6.07) is 0. The molecule has 2 heteroatoms. The minimum absolute atomic E-state index is 0.479. The summed E-state index contributed by atoms with van der Waals surface area (Å²) in [5.74, 6) is 0.860. The van der Waals surface area contributed by atoms with Gasteiger partial charge in [0.15, 0.2) is 0 Å². The number of nitrogens with one attached hydrogen (secondary N) is 1. The van der Waals surface area contributed by atoms with E-state index in [1.807, 2.05) is 0 Å². The molecule has 0 amide bonds. The van der Waals surface area contributed by atoms with Crippen LogP contribution in [-0.2, 0) is 0 Å². The third-order valence-corrected chi connectivity index (χ3v) is 4.74. The van der Waals surface area contributed by atoms with Gasteiger partial charge in [-0.1, -0.05) is 33.1 Å². The zero-order chi connectivity index (χ0) is 12.8. The molecule has 1 aliphatic carbocycles. The van der Waals surface area contributed by atoms with E-state index < -0.39 is 0 Å². The lowest BCUT2D eigenvalue weighted by atomic mass is 9.81. The van der Waals surface area contributed by atoms with Crippen molar-refractivity contribution < 1.29 is 0 Å². The Balaban J connectivity index is 1.82. The summed E-state index contributed by atoms with van der Waals surface area (Å²) in [7, 11) is 0. The van der Waals surface area contributed by atoms with Crippen molar-refractivity contribution in [2.75, 3.05) is 26.2 Å². The molecule has 0 unspecified atom stereocenters. The van der Waals surface area contributed by atoms with E-state index in [0.29, 0.717) is 5.54 Å². The Hall–Kier alpha value is -0.0800. The van der Waals surface area contributed by atoms with E-state index in [4.69, 9.17) is 0 Å². The first-order chi connectivity index (χ1) is 8.70. The molecule has 0 radical (unpaired) electrons. The van der Waals surface area contributed by atoms with Crippen molar-refractivity contribution in [3.63, 3.8) is 0 Å². The van der Waals surface area contributed by atoms with Gasteiger partial charge >= 0.3 is 0 Å². The normalized spacial score (nSPS) is 25.5. The van der Waals surface area contributed by atoms with Crippen molar-refractivity contribution in [3.8, 4) is 0 Å². The van der Waals surface area contributed by atoms with Crippen LogP contribution in [0.1, 0.15) is 65.2 Å². The lowest BCUT2D eigenvalue weighted by molar-refractivity contribution is 0.161. The summed E-state index contributed by atoms with van der Waals surface area (Å²) in [6.07, 6.45) is 11.3. The summed E-state index contributed by atoms with van der Waals surface area (Å²) in [5.41, 5.74) is 0.479. The van der Waals surface area contributed by atoms with Gasteiger partial charge in [-0.25, -0.2) is 0 Å². The van der Waals surface area contributed by atoms with E-state index in [1.54, 1.807) is 0 Å². The third-order valence-electron chi connectivity index (χ3n) is 4.74. The molecule has 0 bridgehead atoms. The van der Waals surface area contributed by atoms with Crippen LogP contribution in [0.15, 0.2) is 0 Å². The summed E-state index contributed by atoms with van der Waals surface area (Å²) < 4.78 is 0. The van der Waals surface area contributed by atoms with Crippen molar-refractivity contribution in [3.05, 3.63) is 0 Å². The molecule has 1 spiro atoms. The quantitative estimate of drug-likeness (QED) is 0.825. The van der Waals surface area contributed by atoms with Gasteiger partial charge in [0, 0.05) is 12.1 Å². The van der Waals surface area contributed by atoms with Crippen LogP contribution in [0.5, 0.6) is 0 Å². The molecule has 1 saturated carbocycles. The molecular weight excluding hydrogens is 220 g/mol. The highest BCUT2D eigenvalue weighted by atomic mass is 15.2. The van der Waals surface area contributed by atoms with Crippen molar-refractivity contribution in [1.29, 1.82) is 0 Å². The summed E-state index contributed by atoms with van der Waals surface area (Å²) in [6.45, 7) is 9.86. The molecular formula is C16H32N2. The van der Waals surface area contributed by atoms with Crippen LogP contribution < -0.4 is 5.32 Å². The minimum atomic E-state index is 0.479. The smallest absolute Gasteiger partial charge is 0.0308 e. The third kappa shape index (κ3) is 4.24. The zero-order valence-corrected chi connectivity index (χ0v) is 12.5. The van der Waals surface area contributed by atoms with Gasteiger partial charge in [-0.3, -0.25) is 0 Å².